The van der Waals surface area contributed by atoms with Crippen molar-refractivity contribution in [1.82, 2.24) is 10.6 Å². The van der Waals surface area contributed by atoms with Gasteiger partial charge in [-0.15, -0.1) is 24.0 Å². The molecule has 3 rings (SSSR count). The zero-order valence-corrected chi connectivity index (χ0v) is 20.7. The molecule has 2 N–H and O–H groups in total. The Balaban J connectivity index is 0.00000341. The fraction of sp³-hybridized carbons (Fsp3) is 0.435. The molecule has 1 unspecified atom stereocenters. The summed E-state index contributed by atoms with van der Waals surface area (Å²) in [5, 5.41) is 6.55. The third-order valence-electron chi connectivity index (χ3n) is 5.11. The summed E-state index contributed by atoms with van der Waals surface area (Å²) in [5.41, 5.74) is 1.84. The van der Waals surface area contributed by atoms with E-state index in [-0.39, 0.29) is 35.8 Å². The van der Waals surface area contributed by atoms with Gasteiger partial charge >= 0.3 is 0 Å². The summed E-state index contributed by atoms with van der Waals surface area (Å²) in [5.74, 6) is 2.54. The van der Waals surface area contributed by atoms with Crippen LogP contribution in [0.25, 0.3) is 0 Å². The van der Waals surface area contributed by atoms with Gasteiger partial charge in [0.15, 0.2) is 29.0 Å². The number of hydrogen-bond donors (Lipinski definition) is 2. The Morgan fingerprint density at radius 1 is 1.10 bits per heavy atom. The molecule has 0 aliphatic heterocycles. The highest BCUT2D eigenvalue weighted by atomic mass is 127. The van der Waals surface area contributed by atoms with Crippen LogP contribution in [0.3, 0.4) is 0 Å². The lowest BCUT2D eigenvalue weighted by atomic mass is 10.1. The van der Waals surface area contributed by atoms with Gasteiger partial charge in [-0.3, -0.25) is 4.99 Å². The van der Waals surface area contributed by atoms with Crippen LogP contribution >= 0.6 is 24.0 Å². The van der Waals surface area contributed by atoms with Crippen LogP contribution in [0.2, 0.25) is 0 Å². The second-order valence-corrected chi connectivity index (χ2v) is 7.43. The lowest BCUT2D eigenvalue weighted by Gasteiger charge is -2.19. The summed E-state index contributed by atoms with van der Waals surface area (Å²) >= 11 is 0. The zero-order valence-electron chi connectivity index (χ0n) is 18.4. The molecule has 1 saturated carbocycles. The molecule has 0 saturated heterocycles. The first kappa shape index (κ1) is 25.0. The van der Waals surface area contributed by atoms with Gasteiger partial charge in [-0.1, -0.05) is 12.1 Å². The van der Waals surface area contributed by atoms with Gasteiger partial charge in [-0.05, 0) is 61.1 Å². The lowest BCUT2D eigenvalue weighted by molar-refractivity contribution is 0.285. The molecule has 0 radical (unpaired) electrons. The van der Waals surface area contributed by atoms with Crippen molar-refractivity contribution < 1.29 is 18.6 Å². The van der Waals surface area contributed by atoms with E-state index in [0.717, 1.165) is 11.1 Å². The standard InChI is InChI=1S/C23H30FN3O3.HI/c1-15(18-8-10-20(19(24)12-18)30-14-16-5-6-16)27-23(25-2)26-13-17-7-9-21(28-3)22(11-17)29-4;/h7-12,15-16H,5-6,13-14H2,1-4H3,(H2,25,26,27);1H. The van der Waals surface area contributed by atoms with E-state index in [1.54, 1.807) is 27.3 Å². The van der Waals surface area contributed by atoms with Crippen molar-refractivity contribution in [2.75, 3.05) is 27.9 Å². The summed E-state index contributed by atoms with van der Waals surface area (Å²) in [6, 6.07) is 10.7. The molecule has 0 heterocycles. The minimum atomic E-state index is -0.338. The molecule has 1 aliphatic carbocycles. The van der Waals surface area contributed by atoms with E-state index >= 15 is 0 Å². The zero-order chi connectivity index (χ0) is 21.5. The fourth-order valence-electron chi connectivity index (χ4n) is 3.06. The normalized spacial score (nSPS) is 14.3. The van der Waals surface area contributed by atoms with Crippen molar-refractivity contribution >= 4 is 29.9 Å². The largest absolute Gasteiger partial charge is 0.493 e. The summed E-state index contributed by atoms with van der Waals surface area (Å²) in [6.45, 7) is 3.11. The Kier molecular flexibility index (Phi) is 9.67. The molecule has 1 atom stereocenters. The van der Waals surface area contributed by atoms with Crippen LogP contribution in [-0.4, -0.2) is 33.8 Å². The van der Waals surface area contributed by atoms with E-state index in [4.69, 9.17) is 14.2 Å². The molecule has 0 spiro atoms. The first-order valence-electron chi connectivity index (χ1n) is 10.1. The van der Waals surface area contributed by atoms with Crippen LogP contribution in [0, 0.1) is 11.7 Å². The van der Waals surface area contributed by atoms with E-state index in [1.807, 2.05) is 31.2 Å². The van der Waals surface area contributed by atoms with Crippen molar-refractivity contribution in [2.24, 2.45) is 10.9 Å². The number of hydrogen-bond acceptors (Lipinski definition) is 4. The number of methoxy groups -OCH3 is 2. The average molecular weight is 543 g/mol. The summed E-state index contributed by atoms with van der Waals surface area (Å²) in [7, 11) is 4.92. The fourth-order valence-corrected chi connectivity index (χ4v) is 3.06. The molecule has 8 heteroatoms. The Bertz CT molecular complexity index is 890. The van der Waals surface area contributed by atoms with Crippen molar-refractivity contribution in [2.45, 2.75) is 32.4 Å². The van der Waals surface area contributed by atoms with Crippen molar-refractivity contribution in [3.05, 3.63) is 53.3 Å². The van der Waals surface area contributed by atoms with Gasteiger partial charge in [0.1, 0.15) is 0 Å². The molecule has 1 aliphatic rings. The van der Waals surface area contributed by atoms with E-state index in [2.05, 4.69) is 15.6 Å². The summed E-state index contributed by atoms with van der Waals surface area (Å²) < 4.78 is 30.6. The number of aliphatic imine (C=N–C) groups is 1. The number of rotatable bonds is 9. The van der Waals surface area contributed by atoms with Gasteiger partial charge in [-0.2, -0.15) is 0 Å². The van der Waals surface area contributed by atoms with Gasteiger partial charge in [0.05, 0.1) is 26.9 Å². The monoisotopic (exact) mass is 543 g/mol. The van der Waals surface area contributed by atoms with Crippen molar-refractivity contribution in [3.63, 3.8) is 0 Å². The Morgan fingerprint density at radius 3 is 2.42 bits per heavy atom. The maximum atomic E-state index is 14.4. The smallest absolute Gasteiger partial charge is 0.191 e. The second kappa shape index (κ2) is 12.0. The maximum Gasteiger partial charge on any atom is 0.191 e. The highest BCUT2D eigenvalue weighted by Crippen LogP contribution is 2.31. The van der Waals surface area contributed by atoms with Crippen LogP contribution in [0.15, 0.2) is 41.4 Å². The molecule has 31 heavy (non-hydrogen) atoms. The number of benzene rings is 2. The van der Waals surface area contributed by atoms with Gasteiger partial charge in [-0.25, -0.2) is 4.39 Å². The Hall–Kier alpha value is -2.23. The number of halogens is 2. The predicted molar refractivity (Wildman–Crippen MR) is 131 cm³/mol. The van der Waals surface area contributed by atoms with E-state index in [1.165, 1.54) is 18.9 Å². The molecule has 0 bridgehead atoms. The van der Waals surface area contributed by atoms with Gasteiger partial charge in [0.2, 0.25) is 0 Å². The first-order chi connectivity index (χ1) is 14.5. The molecule has 2 aromatic carbocycles. The molecule has 1 fully saturated rings. The molecule has 2 aromatic rings. The third-order valence-corrected chi connectivity index (χ3v) is 5.11. The van der Waals surface area contributed by atoms with Crippen LogP contribution in [0.1, 0.15) is 36.9 Å². The summed E-state index contributed by atoms with van der Waals surface area (Å²) in [6.07, 6.45) is 2.35. The van der Waals surface area contributed by atoms with Gasteiger partial charge < -0.3 is 24.8 Å². The van der Waals surface area contributed by atoms with Crippen molar-refractivity contribution in [1.29, 1.82) is 0 Å². The third kappa shape index (κ3) is 7.15. The number of ether oxygens (including phenoxy) is 3. The van der Waals surface area contributed by atoms with Gasteiger partial charge in [0.25, 0.3) is 0 Å². The quantitative estimate of drug-likeness (QED) is 0.274. The number of nitrogens with zero attached hydrogens (tertiary/aromatic N) is 1. The topological polar surface area (TPSA) is 64.1 Å². The minimum Gasteiger partial charge on any atom is -0.493 e. The predicted octanol–water partition coefficient (Wildman–Crippen LogP) is 4.68. The van der Waals surface area contributed by atoms with Gasteiger partial charge in [0, 0.05) is 13.6 Å². The SMILES string of the molecule is CN=C(NCc1ccc(OC)c(OC)c1)NC(C)c1ccc(OCC2CC2)c(F)c1.I. The van der Waals surface area contributed by atoms with E-state index in [0.29, 0.717) is 42.3 Å². The Morgan fingerprint density at radius 2 is 1.81 bits per heavy atom. The highest BCUT2D eigenvalue weighted by Gasteiger charge is 2.22. The number of guanidine groups is 1. The molecule has 0 aromatic heterocycles. The summed E-state index contributed by atoms with van der Waals surface area (Å²) in [4.78, 5) is 4.26. The Labute approximate surface area is 200 Å². The van der Waals surface area contributed by atoms with Crippen LogP contribution in [-0.2, 0) is 6.54 Å². The molecular formula is C23H31FIN3O3. The molecular weight excluding hydrogens is 512 g/mol. The van der Waals surface area contributed by atoms with Crippen LogP contribution in [0.4, 0.5) is 4.39 Å². The molecule has 0 amide bonds. The lowest BCUT2D eigenvalue weighted by Crippen LogP contribution is -2.38. The van der Waals surface area contributed by atoms with Crippen molar-refractivity contribution in [3.8, 4) is 17.2 Å². The van der Waals surface area contributed by atoms with E-state index < -0.39 is 0 Å². The molecule has 6 nitrogen and oxygen atoms in total. The minimum absolute atomic E-state index is 0. The highest BCUT2D eigenvalue weighted by molar-refractivity contribution is 14.0. The second-order valence-electron chi connectivity index (χ2n) is 7.43. The van der Waals surface area contributed by atoms with Crippen LogP contribution < -0.4 is 24.8 Å². The van der Waals surface area contributed by atoms with E-state index in [9.17, 15) is 4.39 Å². The first-order valence-corrected chi connectivity index (χ1v) is 10.1. The van der Waals surface area contributed by atoms with Crippen LogP contribution in [0.5, 0.6) is 17.2 Å². The average Bonchev–Trinajstić information content (AvgIpc) is 3.59. The molecule has 170 valence electrons. The number of nitrogens with one attached hydrogen (secondary N) is 2. The maximum absolute atomic E-state index is 14.4.